The summed E-state index contributed by atoms with van der Waals surface area (Å²) in [7, 11) is 0. The van der Waals surface area contributed by atoms with Gasteiger partial charge in [0.25, 0.3) is 5.91 Å². The van der Waals surface area contributed by atoms with Gasteiger partial charge in [-0.3, -0.25) is 25.4 Å². The minimum absolute atomic E-state index is 0.222. The molecule has 102 valence electrons. The summed E-state index contributed by atoms with van der Waals surface area (Å²) in [5.41, 5.74) is 7.12. The van der Waals surface area contributed by atoms with Crippen LogP contribution in [-0.2, 0) is 11.2 Å². The molecule has 2 N–H and O–H groups in total. The van der Waals surface area contributed by atoms with Crippen LogP contribution >= 0.6 is 0 Å². The zero-order valence-electron chi connectivity index (χ0n) is 11.1. The van der Waals surface area contributed by atoms with E-state index in [1.165, 1.54) is 6.20 Å². The largest absolute Gasteiger partial charge is 0.273 e. The van der Waals surface area contributed by atoms with E-state index in [1.54, 1.807) is 18.3 Å². The number of carbonyl (C=O) groups excluding carboxylic acids is 2. The lowest BCUT2D eigenvalue weighted by atomic mass is 10.1. The van der Waals surface area contributed by atoms with Gasteiger partial charge in [0.05, 0.1) is 12.0 Å². The molecule has 20 heavy (non-hydrogen) atoms. The number of pyridine rings is 1. The number of carbonyl (C=O) groups is 2. The highest BCUT2D eigenvalue weighted by molar-refractivity contribution is 5.95. The minimum atomic E-state index is -0.392. The second-order valence-electron chi connectivity index (χ2n) is 4.35. The lowest BCUT2D eigenvalue weighted by Crippen LogP contribution is -2.42. The number of aromatic nitrogens is 1. The van der Waals surface area contributed by atoms with Crippen molar-refractivity contribution in [2.75, 3.05) is 0 Å². The standard InChI is InChI=1S/C15H15N3O2/c1-11-5-2-3-6-12(11)9-14(19)17-18-15(20)13-7-4-8-16-10-13/h2-8,10H,9H2,1H3,(H,17,19)(H,18,20). The molecular formula is C15H15N3O2. The molecule has 0 radical (unpaired) electrons. The molecule has 1 heterocycles. The number of nitrogens with zero attached hydrogens (tertiary/aromatic N) is 1. The Kier molecular flexibility index (Phi) is 4.44. The molecule has 0 atom stereocenters. The molecule has 1 aromatic heterocycles. The highest BCUT2D eigenvalue weighted by Gasteiger charge is 2.08. The van der Waals surface area contributed by atoms with E-state index >= 15 is 0 Å². The quantitative estimate of drug-likeness (QED) is 0.827. The Bertz CT molecular complexity index is 612. The zero-order chi connectivity index (χ0) is 14.4. The fourth-order valence-corrected chi connectivity index (χ4v) is 1.72. The number of benzene rings is 1. The molecule has 0 spiro atoms. The lowest BCUT2D eigenvalue weighted by Gasteiger charge is -2.08. The molecule has 0 saturated carbocycles. The maximum atomic E-state index is 11.8. The molecule has 0 bridgehead atoms. The average molecular weight is 269 g/mol. The van der Waals surface area contributed by atoms with Crippen molar-refractivity contribution in [1.29, 1.82) is 0 Å². The molecule has 0 unspecified atom stereocenters. The number of hydrogen-bond donors (Lipinski definition) is 2. The topological polar surface area (TPSA) is 71.1 Å². The van der Waals surface area contributed by atoms with Gasteiger partial charge < -0.3 is 0 Å². The smallest absolute Gasteiger partial charge is 0.271 e. The summed E-state index contributed by atoms with van der Waals surface area (Å²) in [6.07, 6.45) is 3.23. The molecular weight excluding hydrogens is 254 g/mol. The number of hydrazine groups is 1. The molecule has 0 saturated heterocycles. The predicted octanol–water partition coefficient (Wildman–Crippen LogP) is 1.39. The van der Waals surface area contributed by atoms with Crippen molar-refractivity contribution in [3.63, 3.8) is 0 Å². The van der Waals surface area contributed by atoms with Crippen molar-refractivity contribution in [1.82, 2.24) is 15.8 Å². The normalized spacial score (nSPS) is 9.85. The Labute approximate surface area is 117 Å². The molecule has 0 aliphatic rings. The Morgan fingerprint density at radius 3 is 2.60 bits per heavy atom. The van der Waals surface area contributed by atoms with Crippen LogP contribution in [0.4, 0.5) is 0 Å². The van der Waals surface area contributed by atoms with Crippen LogP contribution < -0.4 is 10.9 Å². The first kappa shape index (κ1) is 13.7. The van der Waals surface area contributed by atoms with Crippen LogP contribution in [0.5, 0.6) is 0 Å². The molecule has 0 fully saturated rings. The SMILES string of the molecule is Cc1ccccc1CC(=O)NNC(=O)c1cccnc1. The van der Waals surface area contributed by atoms with Crippen molar-refractivity contribution in [2.45, 2.75) is 13.3 Å². The summed E-state index contributed by atoms with van der Waals surface area (Å²) >= 11 is 0. The number of hydrogen-bond acceptors (Lipinski definition) is 3. The zero-order valence-corrected chi connectivity index (χ0v) is 11.1. The van der Waals surface area contributed by atoms with Crippen molar-refractivity contribution >= 4 is 11.8 Å². The predicted molar refractivity (Wildman–Crippen MR) is 74.7 cm³/mol. The van der Waals surface area contributed by atoms with E-state index in [0.29, 0.717) is 5.56 Å². The van der Waals surface area contributed by atoms with Crippen LogP contribution in [0.15, 0.2) is 48.8 Å². The molecule has 2 aromatic rings. The van der Waals surface area contributed by atoms with Gasteiger partial charge in [-0.15, -0.1) is 0 Å². The van der Waals surface area contributed by atoms with Crippen LogP contribution in [0.2, 0.25) is 0 Å². The van der Waals surface area contributed by atoms with E-state index in [0.717, 1.165) is 11.1 Å². The third kappa shape index (κ3) is 3.65. The third-order valence-electron chi connectivity index (χ3n) is 2.85. The molecule has 0 aliphatic carbocycles. The summed E-state index contributed by atoms with van der Waals surface area (Å²) in [5.74, 6) is -0.659. The Balaban J connectivity index is 1.87. The van der Waals surface area contributed by atoms with Crippen molar-refractivity contribution < 1.29 is 9.59 Å². The molecule has 1 aromatic carbocycles. The molecule has 2 amide bonds. The molecule has 2 rings (SSSR count). The number of nitrogens with one attached hydrogen (secondary N) is 2. The van der Waals surface area contributed by atoms with E-state index in [2.05, 4.69) is 15.8 Å². The number of aryl methyl sites for hydroxylation is 1. The first-order chi connectivity index (χ1) is 9.66. The van der Waals surface area contributed by atoms with Crippen LogP contribution in [0, 0.1) is 6.92 Å². The summed E-state index contributed by atoms with van der Waals surface area (Å²) in [6.45, 7) is 1.94. The van der Waals surface area contributed by atoms with Crippen LogP contribution in [0.25, 0.3) is 0 Å². The molecule has 0 aliphatic heterocycles. The van der Waals surface area contributed by atoms with E-state index < -0.39 is 5.91 Å². The van der Waals surface area contributed by atoms with Gasteiger partial charge in [-0.25, -0.2) is 0 Å². The van der Waals surface area contributed by atoms with Gasteiger partial charge in [0.15, 0.2) is 0 Å². The van der Waals surface area contributed by atoms with Gasteiger partial charge in [-0.05, 0) is 30.2 Å². The van der Waals surface area contributed by atoms with Crippen LogP contribution in [0.3, 0.4) is 0 Å². The van der Waals surface area contributed by atoms with E-state index in [9.17, 15) is 9.59 Å². The third-order valence-corrected chi connectivity index (χ3v) is 2.85. The van der Waals surface area contributed by atoms with E-state index in [4.69, 9.17) is 0 Å². The second kappa shape index (κ2) is 6.47. The maximum absolute atomic E-state index is 11.8. The van der Waals surface area contributed by atoms with Crippen molar-refractivity contribution in [3.8, 4) is 0 Å². The highest BCUT2D eigenvalue weighted by atomic mass is 16.2. The lowest BCUT2D eigenvalue weighted by molar-refractivity contribution is -0.121. The van der Waals surface area contributed by atoms with Gasteiger partial charge in [0.2, 0.25) is 5.91 Å². The molecule has 5 nitrogen and oxygen atoms in total. The second-order valence-corrected chi connectivity index (χ2v) is 4.35. The van der Waals surface area contributed by atoms with Crippen LogP contribution in [-0.4, -0.2) is 16.8 Å². The fourth-order valence-electron chi connectivity index (χ4n) is 1.72. The Morgan fingerprint density at radius 2 is 1.90 bits per heavy atom. The summed E-state index contributed by atoms with van der Waals surface area (Å²) < 4.78 is 0. The van der Waals surface area contributed by atoms with Crippen molar-refractivity contribution in [3.05, 3.63) is 65.5 Å². The van der Waals surface area contributed by atoms with Gasteiger partial charge in [0.1, 0.15) is 0 Å². The van der Waals surface area contributed by atoms with Gasteiger partial charge in [-0.1, -0.05) is 24.3 Å². The molecule has 5 heteroatoms. The number of rotatable bonds is 3. The maximum Gasteiger partial charge on any atom is 0.271 e. The first-order valence-corrected chi connectivity index (χ1v) is 6.20. The van der Waals surface area contributed by atoms with Gasteiger partial charge in [-0.2, -0.15) is 0 Å². The number of amides is 2. The summed E-state index contributed by atoms with van der Waals surface area (Å²) in [6, 6.07) is 10.9. The first-order valence-electron chi connectivity index (χ1n) is 6.20. The van der Waals surface area contributed by atoms with Gasteiger partial charge in [0, 0.05) is 12.4 Å². The fraction of sp³-hybridized carbons (Fsp3) is 0.133. The monoisotopic (exact) mass is 269 g/mol. The van der Waals surface area contributed by atoms with Crippen molar-refractivity contribution in [2.24, 2.45) is 0 Å². The van der Waals surface area contributed by atoms with Gasteiger partial charge >= 0.3 is 0 Å². The Morgan fingerprint density at radius 1 is 1.10 bits per heavy atom. The Hall–Kier alpha value is -2.69. The van der Waals surface area contributed by atoms with E-state index in [1.807, 2.05) is 31.2 Å². The average Bonchev–Trinajstić information content (AvgIpc) is 2.48. The van der Waals surface area contributed by atoms with Crippen LogP contribution in [0.1, 0.15) is 21.5 Å². The minimum Gasteiger partial charge on any atom is -0.273 e. The summed E-state index contributed by atoms with van der Waals surface area (Å²) in [5, 5.41) is 0. The highest BCUT2D eigenvalue weighted by Crippen LogP contribution is 2.07. The summed E-state index contributed by atoms with van der Waals surface area (Å²) in [4.78, 5) is 27.3. The van der Waals surface area contributed by atoms with E-state index in [-0.39, 0.29) is 12.3 Å².